The van der Waals surface area contributed by atoms with Gasteiger partial charge >= 0.3 is 31.1 Å². The maximum Gasteiger partial charge on any atom is 2.00 e. The number of fused-ring (bicyclic) bond motifs is 7. The minimum Gasteiger partial charge on any atom is -0.291 e. The van der Waals surface area contributed by atoms with E-state index in [0.29, 0.717) is 0 Å². The molecule has 0 aliphatic rings. The Morgan fingerprint density at radius 1 is 0.639 bits per heavy atom. The van der Waals surface area contributed by atoms with Crippen LogP contribution in [0, 0.1) is 43.2 Å². The third-order valence-corrected chi connectivity index (χ3v) is 6.95. The largest absolute Gasteiger partial charge is 2.00 e. The topological polar surface area (TPSA) is 30.2 Å². The van der Waals surface area contributed by atoms with Crippen LogP contribution in [-0.4, -0.2) is 14.4 Å². The Bertz CT molecular complexity index is 2060. The van der Waals surface area contributed by atoms with Crippen LogP contribution in [0.5, 0.6) is 0 Å². The third-order valence-electron chi connectivity index (χ3n) is 6.95. The normalized spacial score (nSPS) is 11.7. The van der Waals surface area contributed by atoms with E-state index in [-0.39, 0.29) is 31.1 Å². The van der Waals surface area contributed by atoms with Gasteiger partial charge in [0.25, 0.3) is 0 Å². The van der Waals surface area contributed by atoms with Gasteiger partial charge in [-0.25, -0.2) is 21.1 Å². The zero-order chi connectivity index (χ0) is 22.9. The zero-order valence-electron chi connectivity index (χ0n) is 19.2. The molecule has 3 nitrogen and oxygen atoms in total. The number of para-hydroxylation sites is 3. The second-order valence-electron chi connectivity index (χ2n) is 8.89. The predicted octanol–water partition coefficient (Wildman–Crippen LogP) is 7.71. The molecular formula is C32H17N3U. The van der Waals surface area contributed by atoms with E-state index in [1.54, 1.807) is 0 Å². The first kappa shape index (κ1) is 21.6. The minimum absolute atomic E-state index is 0. The first-order valence-corrected chi connectivity index (χ1v) is 11.7. The molecule has 0 saturated carbocycles. The van der Waals surface area contributed by atoms with E-state index in [9.17, 15) is 0 Å². The van der Waals surface area contributed by atoms with Gasteiger partial charge in [0, 0.05) is 16.2 Å². The molecule has 0 saturated heterocycles. The van der Waals surface area contributed by atoms with Crippen LogP contribution in [0.15, 0.2) is 103 Å². The van der Waals surface area contributed by atoms with Gasteiger partial charge < -0.3 is 0 Å². The van der Waals surface area contributed by atoms with Crippen LogP contribution >= 0.6 is 0 Å². The van der Waals surface area contributed by atoms with Crippen molar-refractivity contribution in [2.24, 2.45) is 0 Å². The van der Waals surface area contributed by atoms with Gasteiger partial charge in [0.15, 0.2) is 5.65 Å². The number of nitrogens with zero attached hydrogens (tertiary/aromatic N) is 3. The molecule has 0 bridgehead atoms. The van der Waals surface area contributed by atoms with E-state index in [4.69, 9.17) is 9.97 Å². The third kappa shape index (κ3) is 2.99. The molecule has 8 aromatic rings. The average Bonchev–Trinajstić information content (AvgIpc) is 3.43. The van der Waals surface area contributed by atoms with Crippen molar-refractivity contribution in [3.8, 4) is 22.3 Å². The van der Waals surface area contributed by atoms with Crippen molar-refractivity contribution in [3.63, 3.8) is 0 Å². The molecule has 4 heteroatoms. The van der Waals surface area contributed by atoms with E-state index in [1.165, 1.54) is 16.3 Å². The van der Waals surface area contributed by atoms with Gasteiger partial charge in [-0.15, -0.1) is 23.8 Å². The molecule has 8 rings (SSSR count). The maximum absolute atomic E-state index is 5.04. The molecule has 3 heterocycles. The standard InChI is InChI=1S/C32H17N3.U/c1-2-9-20(10-3-1)22-11-4-5-12-23(22)21-17-18-29-26(19-21)24-13-8-14-25-30-32(35(29)31(24)25)34-28-16-7-6-15-27(28)33-30;/h1-9,12-19H;/q-2;+2. The van der Waals surface area contributed by atoms with Crippen LogP contribution in [-0.2, 0) is 0 Å². The van der Waals surface area contributed by atoms with Gasteiger partial charge in [-0.2, -0.15) is 36.4 Å². The molecule has 0 radical (unpaired) electrons. The molecule has 0 spiro atoms. The number of aromatic nitrogens is 3. The molecule has 0 aliphatic carbocycles. The van der Waals surface area contributed by atoms with Crippen molar-refractivity contribution >= 4 is 49.4 Å². The molecule has 0 N–H and O–H groups in total. The summed E-state index contributed by atoms with van der Waals surface area (Å²) in [4.78, 5) is 10.0. The SMILES string of the molecule is [U+2].[c-]1ccccc1-c1[c-]cccc1-c1ccc2c(c1)c1cccc3c4nc5ccccc5nc4n2c13. The summed E-state index contributed by atoms with van der Waals surface area (Å²) >= 11 is 0. The Balaban J connectivity index is 0.00000220. The summed E-state index contributed by atoms with van der Waals surface area (Å²) < 4.78 is 2.28. The first-order chi connectivity index (χ1) is 17.4. The zero-order valence-corrected chi connectivity index (χ0v) is 23.3. The molecule has 164 valence electrons. The van der Waals surface area contributed by atoms with Crippen molar-refractivity contribution in [3.05, 3.63) is 115 Å². The van der Waals surface area contributed by atoms with Crippen LogP contribution in [0.2, 0.25) is 0 Å². The number of hydrogen-bond acceptors (Lipinski definition) is 2. The molecule has 0 amide bonds. The minimum atomic E-state index is 0. The quantitative estimate of drug-likeness (QED) is 0.175. The van der Waals surface area contributed by atoms with Crippen molar-refractivity contribution < 1.29 is 31.1 Å². The second kappa shape index (κ2) is 8.17. The summed E-state index contributed by atoms with van der Waals surface area (Å²) in [5.41, 5.74) is 10.4. The van der Waals surface area contributed by atoms with E-state index in [0.717, 1.165) is 55.4 Å². The first-order valence-electron chi connectivity index (χ1n) is 11.7. The van der Waals surface area contributed by atoms with Crippen LogP contribution < -0.4 is 0 Å². The van der Waals surface area contributed by atoms with E-state index >= 15 is 0 Å². The Morgan fingerprint density at radius 3 is 2.31 bits per heavy atom. The Morgan fingerprint density at radius 2 is 1.44 bits per heavy atom. The van der Waals surface area contributed by atoms with Crippen LogP contribution in [0.4, 0.5) is 0 Å². The number of hydrogen-bond donors (Lipinski definition) is 0. The average molecular weight is 682 g/mol. The summed E-state index contributed by atoms with van der Waals surface area (Å²) in [7, 11) is 0. The summed E-state index contributed by atoms with van der Waals surface area (Å²) in [6, 6.07) is 42.3. The Labute approximate surface area is 231 Å². The van der Waals surface area contributed by atoms with Crippen molar-refractivity contribution in [1.29, 1.82) is 0 Å². The van der Waals surface area contributed by atoms with Gasteiger partial charge in [0.05, 0.1) is 22.1 Å². The molecule has 0 aliphatic heterocycles. The van der Waals surface area contributed by atoms with E-state index in [2.05, 4.69) is 65.1 Å². The molecule has 36 heavy (non-hydrogen) atoms. The van der Waals surface area contributed by atoms with Crippen LogP contribution in [0.25, 0.3) is 71.6 Å². The Hall–Kier alpha value is -3.71. The van der Waals surface area contributed by atoms with Crippen molar-refractivity contribution in [2.75, 3.05) is 0 Å². The molecule has 5 aromatic carbocycles. The molecule has 3 aromatic heterocycles. The fourth-order valence-corrected chi connectivity index (χ4v) is 5.42. The Kier molecular flexibility index (Phi) is 4.89. The van der Waals surface area contributed by atoms with Crippen LogP contribution in [0.1, 0.15) is 0 Å². The molecular weight excluding hydrogens is 664 g/mol. The molecule has 0 atom stereocenters. The summed E-state index contributed by atoms with van der Waals surface area (Å²) in [5.74, 6) is 0. The van der Waals surface area contributed by atoms with E-state index in [1.807, 2.05) is 54.6 Å². The fraction of sp³-hybridized carbons (Fsp3) is 0. The van der Waals surface area contributed by atoms with Gasteiger partial charge in [-0.3, -0.25) is 4.40 Å². The van der Waals surface area contributed by atoms with Crippen molar-refractivity contribution in [2.45, 2.75) is 0 Å². The van der Waals surface area contributed by atoms with Crippen LogP contribution in [0.3, 0.4) is 0 Å². The summed E-state index contributed by atoms with van der Waals surface area (Å²) in [6.07, 6.45) is 0. The van der Waals surface area contributed by atoms with Gasteiger partial charge in [0.1, 0.15) is 5.52 Å². The second-order valence-corrected chi connectivity index (χ2v) is 8.89. The predicted molar refractivity (Wildman–Crippen MR) is 143 cm³/mol. The molecule has 0 unspecified atom stereocenters. The van der Waals surface area contributed by atoms with Gasteiger partial charge in [-0.05, 0) is 18.2 Å². The smallest absolute Gasteiger partial charge is 0.291 e. The maximum atomic E-state index is 5.04. The van der Waals surface area contributed by atoms with Gasteiger partial charge in [-0.1, -0.05) is 48.0 Å². The van der Waals surface area contributed by atoms with E-state index < -0.39 is 0 Å². The van der Waals surface area contributed by atoms with Crippen molar-refractivity contribution in [1.82, 2.24) is 14.4 Å². The summed E-state index contributed by atoms with van der Waals surface area (Å²) in [5, 5.41) is 3.57. The number of benzene rings is 5. The monoisotopic (exact) mass is 681 g/mol. The summed E-state index contributed by atoms with van der Waals surface area (Å²) in [6.45, 7) is 0. The van der Waals surface area contributed by atoms with Gasteiger partial charge in [0.2, 0.25) is 0 Å². The molecule has 0 fully saturated rings. The number of rotatable bonds is 2. The fourth-order valence-electron chi connectivity index (χ4n) is 5.42.